The summed E-state index contributed by atoms with van der Waals surface area (Å²) >= 11 is 0. The fourth-order valence-corrected chi connectivity index (χ4v) is 1.19. The maximum absolute atomic E-state index is 11.6. The molecule has 0 aliphatic rings. The van der Waals surface area contributed by atoms with Crippen LogP contribution in [0, 0.1) is 17.2 Å². The van der Waals surface area contributed by atoms with Gasteiger partial charge in [-0.2, -0.15) is 5.26 Å². The van der Waals surface area contributed by atoms with E-state index in [2.05, 4.69) is 5.32 Å². The highest BCUT2D eigenvalue weighted by molar-refractivity contribution is 6.35. The quantitative estimate of drug-likeness (QED) is 0.454. The van der Waals surface area contributed by atoms with Crippen LogP contribution in [0.25, 0.3) is 0 Å². The molecule has 0 aliphatic carbocycles. The van der Waals surface area contributed by atoms with Gasteiger partial charge >= 0.3 is 11.8 Å². The van der Waals surface area contributed by atoms with Crippen LogP contribution in [0.2, 0.25) is 0 Å². The Morgan fingerprint density at radius 1 is 1.41 bits per heavy atom. The minimum absolute atomic E-state index is 0.0991. The van der Waals surface area contributed by atoms with E-state index in [1.54, 1.807) is 6.07 Å². The van der Waals surface area contributed by atoms with Crippen molar-refractivity contribution >= 4 is 17.7 Å². The Balaban J connectivity index is 4.57. The van der Waals surface area contributed by atoms with E-state index in [1.165, 1.54) is 0 Å². The Labute approximate surface area is 99.6 Å². The average Bonchev–Trinajstić information content (AvgIpc) is 2.22. The van der Waals surface area contributed by atoms with Crippen LogP contribution in [0.4, 0.5) is 0 Å². The molecule has 7 nitrogen and oxygen atoms in total. The number of nitrogens with one attached hydrogen (secondary N) is 1. The van der Waals surface area contributed by atoms with Gasteiger partial charge in [0, 0.05) is 6.54 Å². The number of amides is 3. The lowest BCUT2D eigenvalue weighted by Gasteiger charge is -2.22. The SMILES string of the molecule is CC(C)CN(CC(N)=O)C(=O)C(=O)NCC#N. The lowest BCUT2D eigenvalue weighted by Crippen LogP contribution is -2.47. The molecule has 0 aliphatic heterocycles. The van der Waals surface area contributed by atoms with Crippen LogP contribution in [-0.4, -0.2) is 42.3 Å². The molecule has 0 heterocycles. The zero-order valence-corrected chi connectivity index (χ0v) is 9.90. The molecule has 0 saturated heterocycles. The van der Waals surface area contributed by atoms with Crippen LogP contribution in [0.5, 0.6) is 0 Å². The second-order valence-corrected chi connectivity index (χ2v) is 3.89. The summed E-state index contributed by atoms with van der Waals surface area (Å²) in [6.07, 6.45) is 0. The summed E-state index contributed by atoms with van der Waals surface area (Å²) in [6, 6.07) is 1.68. The molecule has 0 unspecified atom stereocenters. The van der Waals surface area contributed by atoms with Crippen molar-refractivity contribution in [1.29, 1.82) is 5.26 Å². The van der Waals surface area contributed by atoms with Gasteiger partial charge in [-0.25, -0.2) is 0 Å². The summed E-state index contributed by atoms with van der Waals surface area (Å²) in [7, 11) is 0. The van der Waals surface area contributed by atoms with E-state index >= 15 is 0 Å². The average molecular weight is 240 g/mol. The van der Waals surface area contributed by atoms with Gasteiger partial charge in [0.2, 0.25) is 5.91 Å². The van der Waals surface area contributed by atoms with Crippen LogP contribution in [0.15, 0.2) is 0 Å². The minimum Gasteiger partial charge on any atom is -0.368 e. The largest absolute Gasteiger partial charge is 0.368 e. The predicted molar refractivity (Wildman–Crippen MR) is 59.2 cm³/mol. The first-order chi connectivity index (χ1) is 7.88. The molecule has 0 aromatic rings. The van der Waals surface area contributed by atoms with Crippen molar-refractivity contribution in [3.8, 4) is 6.07 Å². The Hall–Kier alpha value is -2.10. The number of carbonyl (C=O) groups is 3. The molecule has 0 fully saturated rings. The molecule has 3 N–H and O–H groups in total. The maximum Gasteiger partial charge on any atom is 0.312 e. The Bertz CT molecular complexity index is 346. The van der Waals surface area contributed by atoms with Gasteiger partial charge in [0.25, 0.3) is 0 Å². The van der Waals surface area contributed by atoms with E-state index in [0.29, 0.717) is 0 Å². The van der Waals surface area contributed by atoms with Crippen molar-refractivity contribution in [1.82, 2.24) is 10.2 Å². The van der Waals surface area contributed by atoms with Crippen molar-refractivity contribution in [3.05, 3.63) is 0 Å². The van der Waals surface area contributed by atoms with Gasteiger partial charge in [0.05, 0.1) is 12.6 Å². The van der Waals surface area contributed by atoms with Gasteiger partial charge in [0.15, 0.2) is 0 Å². The highest BCUT2D eigenvalue weighted by Crippen LogP contribution is 1.99. The highest BCUT2D eigenvalue weighted by Gasteiger charge is 2.23. The minimum atomic E-state index is -0.909. The smallest absolute Gasteiger partial charge is 0.312 e. The highest BCUT2D eigenvalue weighted by atomic mass is 16.2. The lowest BCUT2D eigenvalue weighted by atomic mass is 10.2. The normalized spacial score (nSPS) is 9.53. The summed E-state index contributed by atoms with van der Waals surface area (Å²) in [5, 5.41) is 10.4. The topological polar surface area (TPSA) is 116 Å². The van der Waals surface area contributed by atoms with E-state index in [-0.39, 0.29) is 25.6 Å². The van der Waals surface area contributed by atoms with Crippen molar-refractivity contribution < 1.29 is 14.4 Å². The van der Waals surface area contributed by atoms with Crippen LogP contribution < -0.4 is 11.1 Å². The summed E-state index contributed by atoms with van der Waals surface area (Å²) in [5.41, 5.74) is 4.99. The summed E-state index contributed by atoms with van der Waals surface area (Å²) in [5.74, 6) is -2.35. The summed E-state index contributed by atoms with van der Waals surface area (Å²) < 4.78 is 0. The molecule has 0 radical (unpaired) electrons. The number of nitriles is 1. The number of hydrogen-bond acceptors (Lipinski definition) is 4. The summed E-state index contributed by atoms with van der Waals surface area (Å²) in [6.45, 7) is 3.37. The predicted octanol–water partition coefficient (Wildman–Crippen LogP) is -1.40. The zero-order valence-electron chi connectivity index (χ0n) is 9.90. The first-order valence-electron chi connectivity index (χ1n) is 5.10. The lowest BCUT2D eigenvalue weighted by molar-refractivity contribution is -0.147. The second kappa shape index (κ2) is 7.22. The number of primary amides is 1. The van der Waals surface area contributed by atoms with Crippen molar-refractivity contribution in [2.45, 2.75) is 13.8 Å². The molecule has 0 spiro atoms. The second-order valence-electron chi connectivity index (χ2n) is 3.89. The number of carbonyl (C=O) groups excluding carboxylic acids is 3. The summed E-state index contributed by atoms with van der Waals surface area (Å²) in [4.78, 5) is 34.8. The van der Waals surface area contributed by atoms with Crippen LogP contribution >= 0.6 is 0 Å². The van der Waals surface area contributed by atoms with Gasteiger partial charge in [-0.05, 0) is 5.92 Å². The molecular weight excluding hydrogens is 224 g/mol. The third-order valence-electron chi connectivity index (χ3n) is 1.74. The van der Waals surface area contributed by atoms with Crippen LogP contribution in [-0.2, 0) is 14.4 Å². The van der Waals surface area contributed by atoms with Crippen molar-refractivity contribution in [2.75, 3.05) is 19.6 Å². The fraction of sp³-hybridized carbons (Fsp3) is 0.600. The van der Waals surface area contributed by atoms with Gasteiger partial charge in [-0.1, -0.05) is 13.8 Å². The van der Waals surface area contributed by atoms with Crippen LogP contribution in [0.1, 0.15) is 13.8 Å². The number of rotatable bonds is 5. The molecule has 0 atom stereocenters. The first kappa shape index (κ1) is 14.9. The fourth-order valence-electron chi connectivity index (χ4n) is 1.19. The van der Waals surface area contributed by atoms with Crippen LogP contribution in [0.3, 0.4) is 0 Å². The monoisotopic (exact) mass is 240 g/mol. The molecule has 3 amide bonds. The van der Waals surface area contributed by atoms with Gasteiger partial charge in [-0.3, -0.25) is 14.4 Å². The number of nitrogens with zero attached hydrogens (tertiary/aromatic N) is 2. The third-order valence-corrected chi connectivity index (χ3v) is 1.74. The molecule has 0 rings (SSSR count). The van der Waals surface area contributed by atoms with E-state index in [0.717, 1.165) is 4.90 Å². The molecule has 0 aromatic heterocycles. The molecule has 0 aromatic carbocycles. The number of nitrogens with two attached hydrogens (primary N) is 1. The Morgan fingerprint density at radius 3 is 2.41 bits per heavy atom. The molecule has 0 bridgehead atoms. The van der Waals surface area contributed by atoms with Crippen molar-refractivity contribution in [3.63, 3.8) is 0 Å². The molecule has 94 valence electrons. The first-order valence-corrected chi connectivity index (χ1v) is 5.10. The molecular formula is C10H16N4O3. The van der Waals surface area contributed by atoms with E-state index in [1.807, 2.05) is 13.8 Å². The third kappa shape index (κ3) is 6.14. The standard InChI is InChI=1S/C10H16N4O3/c1-7(2)5-14(6-8(12)15)10(17)9(16)13-4-3-11/h7H,4-6H2,1-2H3,(H2,12,15)(H,13,16). The maximum atomic E-state index is 11.6. The van der Waals surface area contributed by atoms with E-state index in [9.17, 15) is 14.4 Å². The van der Waals surface area contributed by atoms with Gasteiger partial charge < -0.3 is 16.0 Å². The van der Waals surface area contributed by atoms with E-state index < -0.39 is 17.7 Å². The van der Waals surface area contributed by atoms with Gasteiger partial charge in [0.1, 0.15) is 6.54 Å². The number of hydrogen-bond donors (Lipinski definition) is 2. The Morgan fingerprint density at radius 2 is 2.00 bits per heavy atom. The molecule has 0 saturated carbocycles. The Kier molecular flexibility index (Phi) is 6.33. The molecule has 7 heteroatoms. The molecule has 17 heavy (non-hydrogen) atoms. The van der Waals surface area contributed by atoms with E-state index in [4.69, 9.17) is 11.0 Å². The van der Waals surface area contributed by atoms with Crippen molar-refractivity contribution in [2.24, 2.45) is 11.7 Å². The van der Waals surface area contributed by atoms with Gasteiger partial charge in [-0.15, -0.1) is 0 Å². The zero-order chi connectivity index (χ0) is 13.4.